The Morgan fingerprint density at radius 3 is 2.29 bits per heavy atom. The average molecular weight is 299 g/mol. The quantitative estimate of drug-likeness (QED) is 0.725. The van der Waals surface area contributed by atoms with E-state index in [2.05, 4.69) is 0 Å². The number of carbonyl (C=O) groups is 3. The maximum absolute atomic E-state index is 12.3. The first kappa shape index (κ1) is 17.5. The summed E-state index contributed by atoms with van der Waals surface area (Å²) in [6, 6.07) is 0. The van der Waals surface area contributed by atoms with E-state index in [0.717, 1.165) is 32.1 Å². The lowest BCUT2D eigenvalue weighted by molar-refractivity contribution is -0.150. The van der Waals surface area contributed by atoms with E-state index in [4.69, 9.17) is 9.84 Å². The van der Waals surface area contributed by atoms with Crippen molar-refractivity contribution in [1.29, 1.82) is 0 Å². The molecular weight excluding hydrogens is 274 g/mol. The van der Waals surface area contributed by atoms with Crippen LogP contribution in [-0.2, 0) is 19.1 Å². The number of likely N-dealkylation sites (N-methyl/N-ethyl adjacent to an activating group) is 1. The molecule has 1 N–H and O–H groups in total. The molecule has 1 saturated carbocycles. The van der Waals surface area contributed by atoms with Gasteiger partial charge in [-0.15, -0.1) is 0 Å². The Balaban J connectivity index is 2.63. The third-order valence-corrected chi connectivity index (χ3v) is 4.06. The molecule has 0 heterocycles. The SMILES string of the molecule is CCOC(=O)CN(C)C(=O)CC1(CC(=O)O)CCCCC1. The number of carboxylic acid groups (broad SMARTS) is 1. The smallest absolute Gasteiger partial charge is 0.325 e. The third kappa shape index (κ3) is 5.73. The van der Waals surface area contributed by atoms with E-state index in [9.17, 15) is 14.4 Å². The largest absolute Gasteiger partial charge is 0.481 e. The van der Waals surface area contributed by atoms with Crippen molar-refractivity contribution in [3.63, 3.8) is 0 Å². The minimum atomic E-state index is -0.863. The van der Waals surface area contributed by atoms with E-state index in [1.807, 2.05) is 0 Å². The van der Waals surface area contributed by atoms with Gasteiger partial charge < -0.3 is 14.7 Å². The number of rotatable bonds is 7. The molecule has 1 aliphatic rings. The van der Waals surface area contributed by atoms with Gasteiger partial charge in [0.15, 0.2) is 0 Å². The van der Waals surface area contributed by atoms with Crippen LogP contribution in [0.25, 0.3) is 0 Å². The van der Waals surface area contributed by atoms with Gasteiger partial charge in [0.2, 0.25) is 5.91 Å². The van der Waals surface area contributed by atoms with Crippen molar-refractivity contribution < 1.29 is 24.2 Å². The minimum absolute atomic E-state index is 0.0198. The predicted molar refractivity (Wildman–Crippen MR) is 76.7 cm³/mol. The van der Waals surface area contributed by atoms with Gasteiger partial charge in [-0.05, 0) is 25.2 Å². The van der Waals surface area contributed by atoms with Gasteiger partial charge in [-0.25, -0.2) is 0 Å². The number of hydrogen-bond donors (Lipinski definition) is 1. The lowest BCUT2D eigenvalue weighted by atomic mass is 9.69. The van der Waals surface area contributed by atoms with Crippen LogP contribution in [0.1, 0.15) is 51.9 Å². The Hall–Kier alpha value is -1.59. The van der Waals surface area contributed by atoms with Crippen LogP contribution in [0.5, 0.6) is 0 Å². The van der Waals surface area contributed by atoms with Crippen molar-refractivity contribution in [1.82, 2.24) is 4.90 Å². The van der Waals surface area contributed by atoms with Crippen molar-refractivity contribution in [3.05, 3.63) is 0 Å². The predicted octanol–water partition coefficient (Wildman–Crippen LogP) is 1.82. The maximum atomic E-state index is 12.3. The molecule has 1 rings (SSSR count). The minimum Gasteiger partial charge on any atom is -0.481 e. The van der Waals surface area contributed by atoms with Crippen LogP contribution in [-0.4, -0.2) is 48.1 Å². The molecule has 21 heavy (non-hydrogen) atoms. The summed E-state index contributed by atoms with van der Waals surface area (Å²) < 4.78 is 4.82. The highest BCUT2D eigenvalue weighted by molar-refractivity contribution is 5.82. The second-order valence-corrected chi connectivity index (χ2v) is 5.86. The van der Waals surface area contributed by atoms with E-state index in [-0.39, 0.29) is 31.9 Å². The number of carbonyl (C=O) groups excluding carboxylic acids is 2. The van der Waals surface area contributed by atoms with Crippen LogP contribution in [0.15, 0.2) is 0 Å². The maximum Gasteiger partial charge on any atom is 0.325 e. The van der Waals surface area contributed by atoms with Crippen molar-refractivity contribution in [3.8, 4) is 0 Å². The molecule has 0 aliphatic heterocycles. The molecule has 0 aromatic carbocycles. The molecular formula is C15H25NO5. The zero-order valence-corrected chi connectivity index (χ0v) is 12.9. The van der Waals surface area contributed by atoms with Crippen molar-refractivity contribution in [2.24, 2.45) is 5.41 Å². The Kier molecular flexibility index (Phi) is 6.65. The van der Waals surface area contributed by atoms with Gasteiger partial charge in [0, 0.05) is 13.5 Å². The average Bonchev–Trinajstić information content (AvgIpc) is 2.38. The van der Waals surface area contributed by atoms with Crippen LogP contribution < -0.4 is 0 Å². The second-order valence-electron chi connectivity index (χ2n) is 5.86. The first-order valence-electron chi connectivity index (χ1n) is 7.50. The van der Waals surface area contributed by atoms with Crippen LogP contribution in [0.2, 0.25) is 0 Å². The van der Waals surface area contributed by atoms with Crippen molar-refractivity contribution in [2.75, 3.05) is 20.2 Å². The number of nitrogens with zero attached hydrogens (tertiary/aromatic N) is 1. The number of amides is 1. The normalized spacial score (nSPS) is 17.0. The molecule has 6 heteroatoms. The number of carboxylic acids is 1. The third-order valence-electron chi connectivity index (χ3n) is 4.06. The molecule has 0 aromatic rings. The lowest BCUT2D eigenvalue weighted by Gasteiger charge is -2.36. The summed E-state index contributed by atoms with van der Waals surface area (Å²) in [5.74, 6) is -1.49. The molecule has 0 spiro atoms. The highest BCUT2D eigenvalue weighted by Crippen LogP contribution is 2.42. The fourth-order valence-electron chi connectivity index (χ4n) is 2.98. The van der Waals surface area contributed by atoms with Gasteiger partial charge in [-0.3, -0.25) is 14.4 Å². The van der Waals surface area contributed by atoms with E-state index >= 15 is 0 Å². The van der Waals surface area contributed by atoms with E-state index in [0.29, 0.717) is 0 Å². The molecule has 1 amide bonds. The molecule has 0 saturated heterocycles. The topological polar surface area (TPSA) is 83.9 Å². The van der Waals surface area contributed by atoms with Gasteiger partial charge in [-0.2, -0.15) is 0 Å². The standard InChI is InChI=1S/C15H25NO5/c1-3-21-14(20)11-16(2)12(17)9-15(10-13(18)19)7-5-4-6-8-15/h3-11H2,1-2H3,(H,18,19). The summed E-state index contributed by atoms with van der Waals surface area (Å²) >= 11 is 0. The van der Waals surface area contributed by atoms with Crippen molar-refractivity contribution >= 4 is 17.8 Å². The van der Waals surface area contributed by atoms with Gasteiger partial charge >= 0.3 is 11.9 Å². The highest BCUT2D eigenvalue weighted by Gasteiger charge is 2.37. The van der Waals surface area contributed by atoms with Gasteiger partial charge in [-0.1, -0.05) is 19.3 Å². The van der Waals surface area contributed by atoms with Crippen LogP contribution in [0, 0.1) is 5.41 Å². The first-order chi connectivity index (χ1) is 9.88. The number of esters is 1. The molecule has 0 aromatic heterocycles. The number of aliphatic carboxylic acids is 1. The van der Waals surface area contributed by atoms with Gasteiger partial charge in [0.1, 0.15) is 6.54 Å². The Morgan fingerprint density at radius 2 is 1.76 bits per heavy atom. The zero-order valence-electron chi connectivity index (χ0n) is 12.9. The summed E-state index contributed by atoms with van der Waals surface area (Å²) in [6.45, 7) is 1.91. The molecule has 0 unspecified atom stereocenters. The van der Waals surface area contributed by atoms with Crippen LogP contribution in [0.3, 0.4) is 0 Å². The number of ether oxygens (including phenoxy) is 1. The molecule has 0 radical (unpaired) electrons. The second kappa shape index (κ2) is 8.00. The summed E-state index contributed by atoms with van der Waals surface area (Å²) in [7, 11) is 1.55. The Labute approximate surface area is 125 Å². The van der Waals surface area contributed by atoms with Gasteiger partial charge in [0.25, 0.3) is 0 Å². The molecule has 1 aliphatic carbocycles. The summed E-state index contributed by atoms with van der Waals surface area (Å²) in [4.78, 5) is 36.1. The molecule has 6 nitrogen and oxygen atoms in total. The summed E-state index contributed by atoms with van der Waals surface area (Å²) in [5, 5.41) is 9.10. The van der Waals surface area contributed by atoms with Crippen LogP contribution >= 0.6 is 0 Å². The molecule has 1 fully saturated rings. The summed E-state index contributed by atoms with van der Waals surface area (Å²) in [5.41, 5.74) is -0.454. The monoisotopic (exact) mass is 299 g/mol. The first-order valence-corrected chi connectivity index (χ1v) is 7.50. The summed E-state index contributed by atoms with van der Waals surface area (Å²) in [6.07, 6.45) is 4.75. The fourth-order valence-corrected chi connectivity index (χ4v) is 2.98. The zero-order chi connectivity index (χ0) is 15.9. The molecule has 120 valence electrons. The lowest BCUT2D eigenvalue weighted by Crippen LogP contribution is -2.38. The molecule has 0 bridgehead atoms. The Morgan fingerprint density at radius 1 is 1.14 bits per heavy atom. The highest BCUT2D eigenvalue weighted by atomic mass is 16.5. The van der Waals surface area contributed by atoms with E-state index in [1.54, 1.807) is 14.0 Å². The Bertz CT molecular complexity index is 388. The molecule has 0 atom stereocenters. The van der Waals surface area contributed by atoms with E-state index < -0.39 is 17.4 Å². The van der Waals surface area contributed by atoms with E-state index in [1.165, 1.54) is 4.90 Å². The fraction of sp³-hybridized carbons (Fsp3) is 0.800. The van der Waals surface area contributed by atoms with Crippen LogP contribution in [0.4, 0.5) is 0 Å². The van der Waals surface area contributed by atoms with Crippen molar-refractivity contribution in [2.45, 2.75) is 51.9 Å². The van der Waals surface area contributed by atoms with Gasteiger partial charge in [0.05, 0.1) is 13.0 Å². The number of hydrogen-bond acceptors (Lipinski definition) is 4.